The predicted octanol–water partition coefficient (Wildman–Crippen LogP) is 2.97. The molecule has 0 amide bonds. The van der Waals surface area contributed by atoms with Gasteiger partial charge in [-0.1, -0.05) is 6.07 Å². The number of nitrogens with one attached hydrogen (secondary N) is 1. The van der Waals surface area contributed by atoms with Crippen molar-refractivity contribution in [2.24, 2.45) is 5.10 Å². The lowest BCUT2D eigenvalue weighted by molar-refractivity contribution is -0.111. The van der Waals surface area contributed by atoms with Crippen molar-refractivity contribution in [3.05, 3.63) is 33.9 Å². The van der Waals surface area contributed by atoms with Crippen molar-refractivity contribution in [1.82, 2.24) is 5.43 Å². The third-order valence-electron chi connectivity index (χ3n) is 3.61. The summed E-state index contributed by atoms with van der Waals surface area (Å²) in [5.41, 5.74) is 9.97. The Kier molecular flexibility index (Phi) is 4.65. The summed E-state index contributed by atoms with van der Waals surface area (Å²) in [5, 5.41) is 4.06. The van der Waals surface area contributed by atoms with E-state index in [1.54, 1.807) is 6.92 Å². The predicted molar refractivity (Wildman–Crippen MR) is 76.0 cm³/mol. The average molecular weight is 246 g/mol. The Hall–Kier alpha value is -1.64. The van der Waals surface area contributed by atoms with Crippen molar-refractivity contribution in [1.29, 1.82) is 0 Å². The number of carbonyl (C=O) groups is 1. The normalized spacial score (nSPS) is 11.6. The minimum atomic E-state index is -0.00418. The second-order valence-corrected chi connectivity index (χ2v) is 4.82. The molecule has 0 spiro atoms. The van der Waals surface area contributed by atoms with Crippen molar-refractivity contribution in [3.8, 4) is 0 Å². The highest BCUT2D eigenvalue weighted by Crippen LogP contribution is 2.20. The molecule has 0 heterocycles. The quantitative estimate of drug-likeness (QED) is 0.655. The van der Waals surface area contributed by atoms with Gasteiger partial charge in [0, 0.05) is 6.92 Å². The molecule has 1 N–H and O–H groups in total. The molecule has 0 aromatic heterocycles. The summed E-state index contributed by atoms with van der Waals surface area (Å²) in [6, 6.07) is 2.18. The number of Topliss-reactive ketones (excluding diaryl/α,β-unsaturated/α-hetero) is 1. The van der Waals surface area contributed by atoms with Crippen molar-refractivity contribution in [3.63, 3.8) is 0 Å². The number of ketones is 1. The standard InChI is InChI=1S/C15H22N2O/c1-9-7-15(12(4)11(3)10(9)2)8-16-17-13(5)14(6)18/h7,16H,8H2,1-6H3. The molecule has 3 heteroatoms. The summed E-state index contributed by atoms with van der Waals surface area (Å²) in [6.45, 7) is 12.4. The van der Waals surface area contributed by atoms with Crippen LogP contribution in [0.25, 0.3) is 0 Å². The zero-order valence-corrected chi connectivity index (χ0v) is 12.1. The molecule has 0 fully saturated rings. The van der Waals surface area contributed by atoms with Gasteiger partial charge >= 0.3 is 0 Å². The largest absolute Gasteiger partial charge is 0.305 e. The van der Waals surface area contributed by atoms with E-state index in [-0.39, 0.29) is 5.78 Å². The fourth-order valence-electron chi connectivity index (χ4n) is 1.80. The van der Waals surface area contributed by atoms with E-state index in [4.69, 9.17) is 0 Å². The summed E-state index contributed by atoms with van der Waals surface area (Å²) >= 11 is 0. The van der Waals surface area contributed by atoms with Crippen LogP contribution in [0.15, 0.2) is 11.2 Å². The molecule has 3 nitrogen and oxygen atoms in total. The molecule has 0 atom stereocenters. The van der Waals surface area contributed by atoms with Crippen LogP contribution in [0.5, 0.6) is 0 Å². The van der Waals surface area contributed by atoms with E-state index >= 15 is 0 Å². The van der Waals surface area contributed by atoms with Gasteiger partial charge in [0.25, 0.3) is 0 Å². The maximum Gasteiger partial charge on any atom is 0.175 e. The molecular weight excluding hydrogens is 224 g/mol. The molecule has 0 aliphatic carbocycles. The minimum Gasteiger partial charge on any atom is -0.305 e. The van der Waals surface area contributed by atoms with Crippen molar-refractivity contribution in [2.45, 2.75) is 48.1 Å². The van der Waals surface area contributed by atoms with E-state index in [0.717, 1.165) is 0 Å². The molecule has 1 aromatic rings. The lowest BCUT2D eigenvalue weighted by atomic mass is 9.95. The van der Waals surface area contributed by atoms with Gasteiger partial charge < -0.3 is 5.43 Å². The second-order valence-electron chi connectivity index (χ2n) is 4.82. The number of nitrogens with zero attached hydrogens (tertiary/aromatic N) is 1. The highest BCUT2D eigenvalue weighted by molar-refractivity contribution is 6.37. The van der Waals surface area contributed by atoms with Crippen molar-refractivity contribution < 1.29 is 4.79 Å². The van der Waals surface area contributed by atoms with Crippen LogP contribution in [-0.4, -0.2) is 11.5 Å². The van der Waals surface area contributed by atoms with Gasteiger partial charge in [0.15, 0.2) is 5.78 Å². The van der Waals surface area contributed by atoms with Gasteiger partial charge in [-0.15, -0.1) is 0 Å². The number of hydrogen-bond donors (Lipinski definition) is 1. The summed E-state index contributed by atoms with van der Waals surface area (Å²) < 4.78 is 0. The lowest BCUT2D eigenvalue weighted by Crippen LogP contribution is -2.14. The summed E-state index contributed by atoms with van der Waals surface area (Å²) in [7, 11) is 0. The first-order valence-electron chi connectivity index (χ1n) is 6.19. The van der Waals surface area contributed by atoms with Crippen LogP contribution in [0.3, 0.4) is 0 Å². The van der Waals surface area contributed by atoms with E-state index in [1.165, 1.54) is 34.7 Å². The molecule has 0 saturated carbocycles. The molecule has 0 radical (unpaired) electrons. The van der Waals surface area contributed by atoms with Gasteiger partial charge in [-0.2, -0.15) is 5.10 Å². The SMILES string of the molecule is CC(=O)C(C)=NNCc1cc(C)c(C)c(C)c1C. The highest BCUT2D eigenvalue weighted by Gasteiger charge is 2.06. The molecule has 0 saturated heterocycles. The monoisotopic (exact) mass is 246 g/mol. The van der Waals surface area contributed by atoms with E-state index < -0.39 is 0 Å². The van der Waals surface area contributed by atoms with Gasteiger partial charge in [0.2, 0.25) is 0 Å². The third kappa shape index (κ3) is 3.19. The highest BCUT2D eigenvalue weighted by atomic mass is 16.1. The average Bonchev–Trinajstić information content (AvgIpc) is 2.32. The fraction of sp³-hybridized carbons (Fsp3) is 0.467. The molecule has 0 aliphatic rings. The van der Waals surface area contributed by atoms with Crippen LogP contribution in [0.1, 0.15) is 41.7 Å². The number of hydrazone groups is 1. The Morgan fingerprint density at radius 3 is 2.28 bits per heavy atom. The lowest BCUT2D eigenvalue weighted by Gasteiger charge is -2.14. The van der Waals surface area contributed by atoms with E-state index in [9.17, 15) is 4.79 Å². The Bertz CT molecular complexity index is 502. The number of hydrogen-bond acceptors (Lipinski definition) is 3. The van der Waals surface area contributed by atoms with Gasteiger partial charge in [0.1, 0.15) is 0 Å². The molecule has 1 aromatic carbocycles. The zero-order valence-electron chi connectivity index (χ0n) is 12.1. The van der Waals surface area contributed by atoms with Crippen molar-refractivity contribution in [2.75, 3.05) is 0 Å². The number of rotatable bonds is 4. The number of benzene rings is 1. The van der Waals surface area contributed by atoms with E-state index in [1.807, 2.05) is 0 Å². The Morgan fingerprint density at radius 2 is 1.72 bits per heavy atom. The van der Waals surface area contributed by atoms with Crippen LogP contribution < -0.4 is 5.43 Å². The Balaban J connectivity index is 2.87. The Morgan fingerprint density at radius 1 is 1.11 bits per heavy atom. The second kappa shape index (κ2) is 5.80. The number of carbonyl (C=O) groups excluding carboxylic acids is 1. The van der Waals surface area contributed by atoms with Crippen LogP contribution in [0.2, 0.25) is 0 Å². The van der Waals surface area contributed by atoms with Gasteiger partial charge in [-0.25, -0.2) is 0 Å². The van der Waals surface area contributed by atoms with Crippen LogP contribution in [0, 0.1) is 27.7 Å². The molecule has 0 bridgehead atoms. The zero-order chi connectivity index (χ0) is 13.9. The first kappa shape index (κ1) is 14.4. The van der Waals surface area contributed by atoms with E-state index in [2.05, 4.69) is 44.3 Å². The third-order valence-corrected chi connectivity index (χ3v) is 3.61. The molecule has 1 rings (SSSR count). The first-order chi connectivity index (χ1) is 8.34. The summed E-state index contributed by atoms with van der Waals surface area (Å²) in [6.07, 6.45) is 0. The van der Waals surface area contributed by atoms with Gasteiger partial charge in [-0.05, 0) is 62.4 Å². The fourth-order valence-corrected chi connectivity index (χ4v) is 1.80. The van der Waals surface area contributed by atoms with Crippen molar-refractivity contribution >= 4 is 11.5 Å². The number of aryl methyl sites for hydroxylation is 1. The Labute approximate surface area is 109 Å². The van der Waals surface area contributed by atoms with Crippen LogP contribution in [0.4, 0.5) is 0 Å². The smallest absolute Gasteiger partial charge is 0.175 e. The summed E-state index contributed by atoms with van der Waals surface area (Å²) in [5.74, 6) is -0.00418. The molecule has 0 unspecified atom stereocenters. The molecule has 18 heavy (non-hydrogen) atoms. The summed E-state index contributed by atoms with van der Waals surface area (Å²) in [4.78, 5) is 11.0. The molecule has 0 aliphatic heterocycles. The maximum absolute atomic E-state index is 11.0. The molecule has 98 valence electrons. The van der Waals surface area contributed by atoms with E-state index in [0.29, 0.717) is 12.3 Å². The van der Waals surface area contributed by atoms with Gasteiger partial charge in [0.05, 0.1) is 12.3 Å². The van der Waals surface area contributed by atoms with Crippen LogP contribution in [-0.2, 0) is 11.3 Å². The first-order valence-corrected chi connectivity index (χ1v) is 6.19. The molecular formula is C15H22N2O. The van der Waals surface area contributed by atoms with Crippen LogP contribution >= 0.6 is 0 Å². The minimum absolute atomic E-state index is 0.00418. The topological polar surface area (TPSA) is 41.5 Å². The maximum atomic E-state index is 11.0. The van der Waals surface area contributed by atoms with Gasteiger partial charge in [-0.3, -0.25) is 4.79 Å².